The van der Waals surface area contributed by atoms with Crippen molar-refractivity contribution in [3.63, 3.8) is 0 Å². The van der Waals surface area contributed by atoms with Crippen LogP contribution in [0.5, 0.6) is 0 Å². The number of nitrogens with zero attached hydrogens (tertiary/aromatic N) is 1. The molecule has 118 valence electrons. The Morgan fingerprint density at radius 2 is 2.14 bits per heavy atom. The van der Waals surface area contributed by atoms with E-state index in [0.29, 0.717) is 28.4 Å². The molecule has 2 unspecified atom stereocenters. The van der Waals surface area contributed by atoms with Gasteiger partial charge in [0.1, 0.15) is 10.7 Å². The zero-order valence-corrected chi connectivity index (χ0v) is 13.2. The summed E-state index contributed by atoms with van der Waals surface area (Å²) in [7, 11) is 0. The molecule has 5 N–H and O–H groups in total. The van der Waals surface area contributed by atoms with E-state index in [2.05, 4.69) is 15.6 Å². The van der Waals surface area contributed by atoms with E-state index in [4.69, 9.17) is 5.73 Å². The summed E-state index contributed by atoms with van der Waals surface area (Å²) in [5, 5.41) is 16.1. The molecule has 2 atom stereocenters. The SMILES string of the molecule is CCNc1nc(N)c(C(=O)NCC2CCCCC2CO)s1. The molecule has 1 fully saturated rings. The van der Waals surface area contributed by atoms with Crippen molar-refractivity contribution in [2.75, 3.05) is 30.7 Å². The molecular formula is C14H24N4O2S. The van der Waals surface area contributed by atoms with Gasteiger partial charge in [-0.15, -0.1) is 0 Å². The van der Waals surface area contributed by atoms with Crippen LogP contribution >= 0.6 is 11.3 Å². The Labute approximate surface area is 129 Å². The minimum atomic E-state index is -0.170. The van der Waals surface area contributed by atoms with Crippen molar-refractivity contribution in [2.45, 2.75) is 32.6 Å². The Kier molecular flexibility index (Phi) is 5.81. The normalized spacial score (nSPS) is 22.0. The minimum absolute atomic E-state index is 0.170. The number of hydrogen-bond acceptors (Lipinski definition) is 6. The third kappa shape index (κ3) is 4.07. The summed E-state index contributed by atoms with van der Waals surface area (Å²) >= 11 is 1.28. The summed E-state index contributed by atoms with van der Waals surface area (Å²) in [5.74, 6) is 0.762. The summed E-state index contributed by atoms with van der Waals surface area (Å²) in [6, 6.07) is 0. The van der Waals surface area contributed by atoms with Crippen molar-refractivity contribution < 1.29 is 9.90 Å². The molecule has 0 aliphatic heterocycles. The van der Waals surface area contributed by atoms with Crippen LogP contribution in [-0.2, 0) is 0 Å². The molecule has 0 spiro atoms. The average molecular weight is 312 g/mol. The van der Waals surface area contributed by atoms with Gasteiger partial charge in [0.15, 0.2) is 5.13 Å². The van der Waals surface area contributed by atoms with Crippen LogP contribution in [0.15, 0.2) is 0 Å². The summed E-state index contributed by atoms with van der Waals surface area (Å²) in [6.45, 7) is 3.51. The van der Waals surface area contributed by atoms with Gasteiger partial charge in [-0.3, -0.25) is 4.79 Å². The van der Waals surface area contributed by atoms with Crippen molar-refractivity contribution in [3.05, 3.63) is 4.88 Å². The molecule has 0 radical (unpaired) electrons. The minimum Gasteiger partial charge on any atom is -0.396 e. The number of nitrogens with one attached hydrogen (secondary N) is 2. The van der Waals surface area contributed by atoms with Crippen molar-refractivity contribution in [3.8, 4) is 0 Å². The van der Waals surface area contributed by atoms with Crippen LogP contribution < -0.4 is 16.4 Å². The summed E-state index contributed by atoms with van der Waals surface area (Å²) in [6.07, 6.45) is 4.45. The van der Waals surface area contributed by atoms with Gasteiger partial charge in [-0.05, 0) is 31.6 Å². The van der Waals surface area contributed by atoms with E-state index in [9.17, 15) is 9.90 Å². The molecule has 1 aromatic heterocycles. The lowest BCUT2D eigenvalue weighted by molar-refractivity contribution is 0.0914. The first-order chi connectivity index (χ1) is 10.2. The van der Waals surface area contributed by atoms with Crippen molar-refractivity contribution in [2.24, 2.45) is 11.8 Å². The molecule has 1 aromatic rings. The lowest BCUT2D eigenvalue weighted by Gasteiger charge is -2.30. The number of nitrogen functional groups attached to an aromatic ring is 1. The number of carbonyl (C=O) groups is 1. The second-order valence-corrected chi connectivity index (χ2v) is 6.46. The first kappa shape index (κ1) is 16.0. The molecule has 6 nitrogen and oxygen atoms in total. The second kappa shape index (κ2) is 7.61. The van der Waals surface area contributed by atoms with Gasteiger partial charge >= 0.3 is 0 Å². The Morgan fingerprint density at radius 1 is 1.43 bits per heavy atom. The number of anilines is 2. The van der Waals surface area contributed by atoms with Crippen molar-refractivity contribution in [1.29, 1.82) is 0 Å². The highest BCUT2D eigenvalue weighted by Crippen LogP contribution is 2.29. The van der Waals surface area contributed by atoms with Crippen LogP contribution in [0, 0.1) is 11.8 Å². The molecule has 1 aliphatic rings. The van der Waals surface area contributed by atoms with E-state index in [1.807, 2.05) is 6.92 Å². The molecular weight excluding hydrogens is 288 g/mol. The number of nitrogens with two attached hydrogens (primary N) is 1. The van der Waals surface area contributed by atoms with Crippen LogP contribution in [0.25, 0.3) is 0 Å². The monoisotopic (exact) mass is 312 g/mol. The molecule has 0 aromatic carbocycles. The van der Waals surface area contributed by atoms with Crippen LogP contribution in [-0.4, -0.2) is 35.7 Å². The van der Waals surface area contributed by atoms with Crippen LogP contribution in [0.2, 0.25) is 0 Å². The number of aliphatic hydroxyl groups excluding tert-OH is 1. The first-order valence-electron chi connectivity index (χ1n) is 7.55. The second-order valence-electron chi connectivity index (χ2n) is 5.46. The van der Waals surface area contributed by atoms with E-state index in [-0.39, 0.29) is 18.3 Å². The number of amides is 1. The summed E-state index contributed by atoms with van der Waals surface area (Å²) in [5.41, 5.74) is 5.79. The van der Waals surface area contributed by atoms with Gasteiger partial charge in [-0.25, -0.2) is 4.98 Å². The third-order valence-corrected chi connectivity index (χ3v) is 5.04. The predicted octanol–water partition coefficient (Wildman–Crippen LogP) is 1.69. The van der Waals surface area contributed by atoms with E-state index in [1.54, 1.807) is 0 Å². The van der Waals surface area contributed by atoms with Gasteiger partial charge in [-0.1, -0.05) is 24.2 Å². The average Bonchev–Trinajstić information content (AvgIpc) is 2.86. The molecule has 1 heterocycles. The highest BCUT2D eigenvalue weighted by atomic mass is 32.1. The Bertz CT molecular complexity index is 478. The van der Waals surface area contributed by atoms with Gasteiger partial charge in [0.2, 0.25) is 0 Å². The molecule has 1 saturated carbocycles. The Balaban J connectivity index is 1.91. The molecule has 0 bridgehead atoms. The van der Waals surface area contributed by atoms with Gasteiger partial charge < -0.3 is 21.5 Å². The number of carbonyl (C=O) groups excluding carboxylic acids is 1. The zero-order valence-electron chi connectivity index (χ0n) is 12.4. The largest absolute Gasteiger partial charge is 0.396 e. The molecule has 1 aliphatic carbocycles. The summed E-state index contributed by atoms with van der Waals surface area (Å²) < 4.78 is 0. The standard InChI is InChI=1S/C14H24N4O2S/c1-2-16-14-18-12(15)11(21-14)13(20)17-7-9-5-3-4-6-10(9)8-19/h9-10,19H,2-8,15H2,1H3,(H,16,18)(H,17,20). The van der Waals surface area contributed by atoms with Gasteiger partial charge in [0, 0.05) is 19.7 Å². The van der Waals surface area contributed by atoms with Crippen molar-refractivity contribution >= 4 is 28.2 Å². The quantitative estimate of drug-likeness (QED) is 0.640. The third-order valence-electron chi connectivity index (χ3n) is 4.01. The van der Waals surface area contributed by atoms with Gasteiger partial charge in [0.25, 0.3) is 5.91 Å². The van der Waals surface area contributed by atoms with Crippen molar-refractivity contribution in [1.82, 2.24) is 10.3 Å². The highest BCUT2D eigenvalue weighted by Gasteiger charge is 2.25. The summed E-state index contributed by atoms with van der Waals surface area (Å²) in [4.78, 5) is 16.8. The maximum absolute atomic E-state index is 12.2. The molecule has 2 rings (SSSR count). The number of hydrogen-bond donors (Lipinski definition) is 4. The fourth-order valence-corrected chi connectivity index (χ4v) is 3.69. The fourth-order valence-electron chi connectivity index (χ4n) is 2.82. The lowest BCUT2D eigenvalue weighted by atomic mass is 9.79. The smallest absolute Gasteiger partial charge is 0.265 e. The molecule has 0 saturated heterocycles. The maximum Gasteiger partial charge on any atom is 0.265 e. The number of thiazole rings is 1. The van der Waals surface area contributed by atoms with Gasteiger partial charge in [-0.2, -0.15) is 0 Å². The van der Waals surface area contributed by atoms with Crippen LogP contribution in [0.1, 0.15) is 42.3 Å². The van der Waals surface area contributed by atoms with E-state index < -0.39 is 0 Å². The van der Waals surface area contributed by atoms with E-state index in [1.165, 1.54) is 24.2 Å². The van der Waals surface area contributed by atoms with Crippen LogP contribution in [0.3, 0.4) is 0 Å². The number of aliphatic hydroxyl groups is 1. The zero-order chi connectivity index (χ0) is 15.2. The Morgan fingerprint density at radius 3 is 2.81 bits per heavy atom. The molecule has 7 heteroatoms. The lowest BCUT2D eigenvalue weighted by Crippen LogP contribution is -2.35. The van der Waals surface area contributed by atoms with Gasteiger partial charge in [0.05, 0.1) is 0 Å². The molecule has 21 heavy (non-hydrogen) atoms. The Hall–Kier alpha value is -1.34. The number of aromatic nitrogens is 1. The predicted molar refractivity (Wildman–Crippen MR) is 85.6 cm³/mol. The van der Waals surface area contributed by atoms with E-state index >= 15 is 0 Å². The molecule has 1 amide bonds. The maximum atomic E-state index is 12.2. The van der Waals surface area contributed by atoms with E-state index in [0.717, 1.165) is 19.4 Å². The first-order valence-corrected chi connectivity index (χ1v) is 8.36. The number of rotatable bonds is 6. The van der Waals surface area contributed by atoms with Crippen LogP contribution in [0.4, 0.5) is 10.9 Å². The highest BCUT2D eigenvalue weighted by molar-refractivity contribution is 7.18. The fraction of sp³-hybridized carbons (Fsp3) is 0.714. The topological polar surface area (TPSA) is 100 Å².